The van der Waals surface area contributed by atoms with Crippen molar-refractivity contribution in [2.45, 2.75) is 51.4 Å². The first kappa shape index (κ1) is 20.3. The highest BCUT2D eigenvalue weighted by Crippen LogP contribution is 2.27. The van der Waals surface area contributed by atoms with Gasteiger partial charge in [-0.1, -0.05) is 30.0 Å². The molecule has 0 fully saturated rings. The topological polar surface area (TPSA) is 94.1 Å². The standard InChI is InChI=1S/C17H22N4O3S2/c1-6-12(25-16-18-9(3)8-10(4)19-16)14(22)21-17-20-11(5)13(26-17)15(23)24-7-2/h8,12H,6-7H2,1-5H3,(H,20,21,22)/t12-/m0/s1. The zero-order valence-corrected chi connectivity index (χ0v) is 17.1. The zero-order chi connectivity index (χ0) is 19.3. The van der Waals surface area contributed by atoms with Crippen LogP contribution in [0.1, 0.15) is 47.0 Å². The van der Waals surface area contributed by atoms with Gasteiger partial charge in [0.15, 0.2) is 10.3 Å². The summed E-state index contributed by atoms with van der Waals surface area (Å²) >= 11 is 2.44. The number of aromatic nitrogens is 3. The van der Waals surface area contributed by atoms with E-state index in [0.29, 0.717) is 33.9 Å². The van der Waals surface area contributed by atoms with Gasteiger partial charge in [0.05, 0.1) is 17.6 Å². The normalized spacial score (nSPS) is 11.9. The van der Waals surface area contributed by atoms with Gasteiger partial charge in [-0.2, -0.15) is 0 Å². The third-order valence-corrected chi connectivity index (χ3v) is 5.64. The molecular weight excluding hydrogens is 372 g/mol. The predicted octanol–water partition coefficient (Wildman–Crippen LogP) is 3.54. The van der Waals surface area contributed by atoms with Crippen molar-refractivity contribution in [1.82, 2.24) is 15.0 Å². The van der Waals surface area contributed by atoms with Crippen LogP contribution in [0.15, 0.2) is 11.2 Å². The number of thioether (sulfide) groups is 1. The second-order valence-corrected chi connectivity index (χ2v) is 7.76. The van der Waals surface area contributed by atoms with E-state index in [4.69, 9.17) is 4.74 Å². The average Bonchev–Trinajstić information content (AvgIpc) is 2.92. The summed E-state index contributed by atoms with van der Waals surface area (Å²) in [6.07, 6.45) is 0.613. The van der Waals surface area contributed by atoms with Gasteiger partial charge in [0.1, 0.15) is 4.88 Å². The second-order valence-electron chi connectivity index (χ2n) is 5.59. The van der Waals surface area contributed by atoms with Crippen molar-refractivity contribution in [2.75, 3.05) is 11.9 Å². The number of rotatable bonds is 7. The molecule has 0 radical (unpaired) electrons. The first-order valence-corrected chi connectivity index (χ1v) is 9.98. The third kappa shape index (κ3) is 5.25. The molecule has 0 saturated carbocycles. The van der Waals surface area contributed by atoms with Gasteiger partial charge in [-0.05, 0) is 40.2 Å². The molecule has 0 aromatic carbocycles. The van der Waals surface area contributed by atoms with Crippen molar-refractivity contribution < 1.29 is 14.3 Å². The van der Waals surface area contributed by atoms with E-state index in [2.05, 4.69) is 20.3 Å². The molecule has 0 bridgehead atoms. The molecule has 0 aliphatic heterocycles. The van der Waals surface area contributed by atoms with Gasteiger partial charge in [-0.15, -0.1) is 0 Å². The molecule has 0 spiro atoms. The molecule has 1 N–H and O–H groups in total. The Kier molecular flexibility index (Phi) is 7.10. The zero-order valence-electron chi connectivity index (χ0n) is 15.5. The number of ether oxygens (including phenoxy) is 1. The first-order valence-electron chi connectivity index (χ1n) is 8.28. The predicted molar refractivity (Wildman–Crippen MR) is 103 cm³/mol. The Hall–Kier alpha value is -2.00. The lowest BCUT2D eigenvalue weighted by Gasteiger charge is -2.13. The van der Waals surface area contributed by atoms with E-state index < -0.39 is 5.97 Å². The van der Waals surface area contributed by atoms with Crippen molar-refractivity contribution in [3.05, 3.63) is 28.0 Å². The molecule has 2 rings (SSSR count). The number of thiazole rings is 1. The van der Waals surface area contributed by atoms with E-state index >= 15 is 0 Å². The van der Waals surface area contributed by atoms with Crippen LogP contribution in [0, 0.1) is 20.8 Å². The maximum absolute atomic E-state index is 12.6. The van der Waals surface area contributed by atoms with E-state index in [1.165, 1.54) is 11.8 Å². The average molecular weight is 395 g/mol. The second kappa shape index (κ2) is 9.09. The van der Waals surface area contributed by atoms with Crippen molar-refractivity contribution in [1.29, 1.82) is 0 Å². The Balaban J connectivity index is 2.09. The van der Waals surface area contributed by atoms with Crippen LogP contribution in [-0.4, -0.2) is 38.7 Å². The summed E-state index contributed by atoms with van der Waals surface area (Å²) < 4.78 is 5.00. The molecule has 1 atom stereocenters. The summed E-state index contributed by atoms with van der Waals surface area (Å²) in [5, 5.41) is 3.39. The maximum Gasteiger partial charge on any atom is 0.350 e. The fourth-order valence-corrected chi connectivity index (χ4v) is 4.06. The van der Waals surface area contributed by atoms with Crippen LogP contribution in [0.5, 0.6) is 0 Å². The van der Waals surface area contributed by atoms with Crippen LogP contribution in [0.25, 0.3) is 0 Å². The number of hydrogen-bond acceptors (Lipinski definition) is 8. The van der Waals surface area contributed by atoms with Gasteiger partial charge in [0.2, 0.25) is 5.91 Å². The van der Waals surface area contributed by atoms with Crippen molar-refractivity contribution in [3.8, 4) is 0 Å². The number of nitrogens with one attached hydrogen (secondary N) is 1. The van der Waals surface area contributed by atoms with Crippen molar-refractivity contribution in [3.63, 3.8) is 0 Å². The molecule has 0 unspecified atom stereocenters. The van der Waals surface area contributed by atoms with Gasteiger partial charge >= 0.3 is 5.97 Å². The van der Waals surface area contributed by atoms with E-state index in [1.807, 2.05) is 26.8 Å². The fraction of sp³-hybridized carbons (Fsp3) is 0.471. The monoisotopic (exact) mass is 394 g/mol. The number of hydrogen-bond donors (Lipinski definition) is 1. The summed E-state index contributed by atoms with van der Waals surface area (Å²) in [7, 11) is 0. The number of nitrogens with zero attached hydrogens (tertiary/aromatic N) is 3. The highest BCUT2D eigenvalue weighted by atomic mass is 32.2. The molecule has 26 heavy (non-hydrogen) atoms. The van der Waals surface area contributed by atoms with Crippen LogP contribution in [-0.2, 0) is 9.53 Å². The Bertz CT molecular complexity index is 787. The lowest BCUT2D eigenvalue weighted by atomic mass is 10.3. The van der Waals surface area contributed by atoms with Crippen LogP contribution in [0.4, 0.5) is 5.13 Å². The van der Waals surface area contributed by atoms with Gasteiger partial charge in [0, 0.05) is 11.4 Å². The van der Waals surface area contributed by atoms with Gasteiger partial charge < -0.3 is 10.1 Å². The maximum atomic E-state index is 12.6. The van der Waals surface area contributed by atoms with E-state index in [9.17, 15) is 9.59 Å². The number of anilines is 1. The van der Waals surface area contributed by atoms with Crippen LogP contribution < -0.4 is 5.32 Å². The summed E-state index contributed by atoms with van der Waals surface area (Å²) in [6, 6.07) is 1.89. The summed E-state index contributed by atoms with van der Waals surface area (Å²) in [6.45, 7) is 9.48. The largest absolute Gasteiger partial charge is 0.462 e. The smallest absolute Gasteiger partial charge is 0.350 e. The molecular formula is C17H22N4O3S2. The first-order chi connectivity index (χ1) is 12.3. The van der Waals surface area contributed by atoms with E-state index in [-0.39, 0.29) is 11.2 Å². The molecule has 140 valence electrons. The Labute approximate surface area is 161 Å². The molecule has 2 heterocycles. The van der Waals surface area contributed by atoms with E-state index in [1.54, 1.807) is 13.8 Å². The Morgan fingerprint density at radius 3 is 2.42 bits per heavy atom. The van der Waals surface area contributed by atoms with Gasteiger partial charge in [0.25, 0.3) is 0 Å². The number of carbonyl (C=O) groups excluding carboxylic acids is 2. The van der Waals surface area contributed by atoms with Crippen LogP contribution in [0.3, 0.4) is 0 Å². The van der Waals surface area contributed by atoms with Gasteiger partial charge in [-0.25, -0.2) is 19.7 Å². The summed E-state index contributed by atoms with van der Waals surface area (Å²) in [5.41, 5.74) is 2.27. The van der Waals surface area contributed by atoms with Crippen LogP contribution >= 0.6 is 23.1 Å². The molecule has 0 saturated heterocycles. The molecule has 0 aliphatic carbocycles. The minimum Gasteiger partial charge on any atom is -0.462 e. The fourth-order valence-electron chi connectivity index (χ4n) is 2.22. The minimum atomic E-state index is -0.423. The van der Waals surface area contributed by atoms with Gasteiger partial charge in [-0.3, -0.25) is 4.79 Å². The third-order valence-electron chi connectivity index (χ3n) is 3.36. The molecule has 2 aromatic heterocycles. The Morgan fingerprint density at radius 1 is 1.19 bits per heavy atom. The molecule has 1 amide bonds. The number of aryl methyl sites for hydroxylation is 3. The lowest BCUT2D eigenvalue weighted by Crippen LogP contribution is -2.24. The van der Waals surface area contributed by atoms with Crippen molar-refractivity contribution >= 4 is 40.1 Å². The van der Waals surface area contributed by atoms with E-state index in [0.717, 1.165) is 22.7 Å². The SMILES string of the molecule is CCOC(=O)c1sc(NC(=O)[C@H](CC)Sc2nc(C)cc(C)n2)nc1C. The lowest BCUT2D eigenvalue weighted by molar-refractivity contribution is -0.115. The quantitative estimate of drug-likeness (QED) is 0.436. The number of carbonyl (C=O) groups is 2. The molecule has 7 nitrogen and oxygen atoms in total. The van der Waals surface area contributed by atoms with Crippen LogP contribution in [0.2, 0.25) is 0 Å². The summed E-state index contributed by atoms with van der Waals surface area (Å²) in [4.78, 5) is 37.9. The minimum absolute atomic E-state index is 0.190. The highest BCUT2D eigenvalue weighted by molar-refractivity contribution is 8.00. The molecule has 0 aliphatic rings. The number of amides is 1. The molecule has 9 heteroatoms. The van der Waals surface area contributed by atoms with Crippen molar-refractivity contribution in [2.24, 2.45) is 0 Å². The summed E-state index contributed by atoms with van der Waals surface area (Å²) in [5.74, 6) is -0.613. The molecule has 2 aromatic rings. The highest BCUT2D eigenvalue weighted by Gasteiger charge is 2.23. The Morgan fingerprint density at radius 2 is 1.85 bits per heavy atom. The number of esters is 1.